The Hall–Kier alpha value is -1.56. The van der Waals surface area contributed by atoms with Crippen LogP contribution in [0.2, 0.25) is 0 Å². The average molecular weight is 254 g/mol. The van der Waals surface area contributed by atoms with E-state index in [1.54, 1.807) is 26.0 Å². The average Bonchev–Trinajstić information content (AvgIpc) is 2.34. The van der Waals surface area contributed by atoms with E-state index in [4.69, 9.17) is 5.73 Å². The Labute approximate surface area is 100 Å². The number of hydrogen-bond acceptors (Lipinski definition) is 4. The Balaban J connectivity index is 2.52. The number of carbonyl (C=O) groups excluding carboxylic acids is 1. The van der Waals surface area contributed by atoms with E-state index >= 15 is 0 Å². The van der Waals surface area contributed by atoms with Crippen molar-refractivity contribution in [2.45, 2.75) is 13.8 Å². The highest BCUT2D eigenvalue weighted by Gasteiger charge is 2.49. The molecule has 2 N–H and O–H groups in total. The van der Waals surface area contributed by atoms with Gasteiger partial charge >= 0.3 is 0 Å². The molecule has 1 saturated heterocycles. The van der Waals surface area contributed by atoms with E-state index < -0.39 is 21.3 Å². The molecule has 0 radical (unpaired) electrons. The Bertz CT molecular complexity index is 561. The highest BCUT2D eigenvalue weighted by atomic mass is 32.2. The van der Waals surface area contributed by atoms with Gasteiger partial charge in [0.1, 0.15) is 0 Å². The van der Waals surface area contributed by atoms with Gasteiger partial charge in [-0.2, -0.15) is 0 Å². The van der Waals surface area contributed by atoms with Crippen molar-refractivity contribution in [1.29, 1.82) is 0 Å². The molecule has 2 rings (SSSR count). The molecule has 92 valence electrons. The second-order valence-electron chi connectivity index (χ2n) is 4.80. The van der Waals surface area contributed by atoms with Crippen LogP contribution in [0.25, 0.3) is 0 Å². The van der Waals surface area contributed by atoms with Crippen LogP contribution in [0.3, 0.4) is 0 Å². The van der Waals surface area contributed by atoms with E-state index in [1.807, 2.05) is 0 Å². The first-order valence-electron chi connectivity index (χ1n) is 5.17. The van der Waals surface area contributed by atoms with Gasteiger partial charge in [-0.15, -0.1) is 0 Å². The summed E-state index contributed by atoms with van der Waals surface area (Å²) in [4.78, 5) is 12.0. The summed E-state index contributed by atoms with van der Waals surface area (Å²) in [7, 11) is -3.57. The molecule has 17 heavy (non-hydrogen) atoms. The lowest BCUT2D eigenvalue weighted by atomic mass is 9.95. The van der Waals surface area contributed by atoms with E-state index in [0.717, 1.165) is 4.31 Å². The molecule has 5 nitrogen and oxygen atoms in total. The van der Waals surface area contributed by atoms with Crippen molar-refractivity contribution in [2.75, 3.05) is 15.8 Å². The number of nitrogens with two attached hydrogens (primary N) is 1. The van der Waals surface area contributed by atoms with Crippen LogP contribution in [-0.4, -0.2) is 20.1 Å². The Kier molecular flexibility index (Phi) is 2.43. The van der Waals surface area contributed by atoms with Crippen molar-refractivity contribution in [2.24, 2.45) is 5.41 Å². The molecule has 1 amide bonds. The molecule has 1 aliphatic rings. The highest BCUT2D eigenvalue weighted by molar-refractivity contribution is 7.94. The van der Waals surface area contributed by atoms with Crippen molar-refractivity contribution >= 4 is 27.3 Å². The minimum atomic E-state index is -3.57. The zero-order chi connectivity index (χ0) is 12.8. The summed E-state index contributed by atoms with van der Waals surface area (Å²) in [5.74, 6) is -0.564. The van der Waals surface area contributed by atoms with Crippen LogP contribution in [0.15, 0.2) is 24.3 Å². The van der Waals surface area contributed by atoms with E-state index in [-0.39, 0.29) is 5.75 Å². The number of anilines is 2. The number of benzene rings is 1. The Morgan fingerprint density at radius 3 is 2.18 bits per heavy atom. The lowest BCUT2D eigenvalue weighted by Crippen LogP contribution is -2.32. The number of amides is 1. The van der Waals surface area contributed by atoms with Gasteiger partial charge in [-0.1, -0.05) is 0 Å². The molecule has 1 aliphatic heterocycles. The van der Waals surface area contributed by atoms with Crippen molar-refractivity contribution in [3.8, 4) is 0 Å². The second kappa shape index (κ2) is 3.46. The lowest BCUT2D eigenvalue weighted by molar-refractivity contribution is -0.123. The monoisotopic (exact) mass is 254 g/mol. The third-order valence-electron chi connectivity index (χ3n) is 2.71. The maximum absolute atomic E-state index is 12.0. The van der Waals surface area contributed by atoms with Crippen LogP contribution in [0.5, 0.6) is 0 Å². The molecule has 0 saturated carbocycles. The summed E-state index contributed by atoms with van der Waals surface area (Å²) in [6.45, 7) is 3.26. The van der Waals surface area contributed by atoms with Gasteiger partial charge in [0.15, 0.2) is 0 Å². The van der Waals surface area contributed by atoms with E-state index in [2.05, 4.69) is 0 Å². The van der Waals surface area contributed by atoms with Crippen LogP contribution >= 0.6 is 0 Å². The number of nitrogen functional groups attached to an aromatic ring is 1. The molecule has 1 fully saturated rings. The van der Waals surface area contributed by atoms with Gasteiger partial charge in [-0.05, 0) is 38.1 Å². The first kappa shape index (κ1) is 11.9. The van der Waals surface area contributed by atoms with Gasteiger partial charge in [0.25, 0.3) is 0 Å². The van der Waals surface area contributed by atoms with E-state index in [1.165, 1.54) is 12.1 Å². The Morgan fingerprint density at radius 1 is 1.24 bits per heavy atom. The summed E-state index contributed by atoms with van der Waals surface area (Å²) < 4.78 is 24.8. The molecule has 0 atom stereocenters. The summed E-state index contributed by atoms with van der Waals surface area (Å²) in [6.07, 6.45) is 0. The third kappa shape index (κ3) is 1.88. The number of nitrogens with zero attached hydrogens (tertiary/aromatic N) is 1. The highest BCUT2D eigenvalue weighted by Crippen LogP contribution is 2.35. The molecule has 0 bridgehead atoms. The normalized spacial score (nSPS) is 21.8. The first-order chi connectivity index (χ1) is 7.74. The number of rotatable bonds is 1. The maximum Gasteiger partial charge on any atom is 0.247 e. The fourth-order valence-electron chi connectivity index (χ4n) is 1.87. The van der Waals surface area contributed by atoms with Crippen LogP contribution < -0.4 is 10.0 Å². The molecule has 0 aliphatic carbocycles. The fraction of sp³-hybridized carbons (Fsp3) is 0.364. The van der Waals surface area contributed by atoms with Crippen LogP contribution in [0.1, 0.15) is 13.8 Å². The van der Waals surface area contributed by atoms with Gasteiger partial charge in [-0.3, -0.25) is 4.79 Å². The predicted molar refractivity (Wildman–Crippen MR) is 65.9 cm³/mol. The summed E-state index contributed by atoms with van der Waals surface area (Å²) in [5, 5.41) is 0. The van der Waals surface area contributed by atoms with Crippen LogP contribution in [0, 0.1) is 5.41 Å². The Morgan fingerprint density at radius 2 is 1.76 bits per heavy atom. The summed E-state index contributed by atoms with van der Waals surface area (Å²) in [5.41, 5.74) is 5.52. The number of carbonyl (C=O) groups is 1. The second-order valence-corrected chi connectivity index (χ2v) is 6.62. The van der Waals surface area contributed by atoms with Crippen molar-refractivity contribution in [3.05, 3.63) is 24.3 Å². The van der Waals surface area contributed by atoms with Crippen molar-refractivity contribution in [3.63, 3.8) is 0 Å². The topological polar surface area (TPSA) is 80.5 Å². The molecule has 1 heterocycles. The molecular weight excluding hydrogens is 240 g/mol. The minimum Gasteiger partial charge on any atom is -0.399 e. The lowest BCUT2D eigenvalue weighted by Gasteiger charge is -2.17. The zero-order valence-corrected chi connectivity index (χ0v) is 10.5. The smallest absolute Gasteiger partial charge is 0.247 e. The third-order valence-corrected chi connectivity index (χ3v) is 4.73. The molecule has 0 unspecified atom stereocenters. The minimum absolute atomic E-state index is 0.163. The van der Waals surface area contributed by atoms with Crippen LogP contribution in [0.4, 0.5) is 11.4 Å². The SMILES string of the molecule is CC1(C)CS(=O)(=O)N(c2ccc(N)cc2)C1=O. The quantitative estimate of drug-likeness (QED) is 0.757. The van der Waals surface area contributed by atoms with Gasteiger partial charge in [0, 0.05) is 5.69 Å². The molecule has 0 spiro atoms. The van der Waals surface area contributed by atoms with Crippen molar-refractivity contribution < 1.29 is 13.2 Å². The zero-order valence-electron chi connectivity index (χ0n) is 9.67. The summed E-state index contributed by atoms with van der Waals surface area (Å²) >= 11 is 0. The largest absolute Gasteiger partial charge is 0.399 e. The standard InChI is InChI=1S/C11H14N2O3S/c1-11(2)7-17(15,16)13(10(11)14)9-5-3-8(12)4-6-9/h3-6H,7,12H2,1-2H3. The fourth-order valence-corrected chi connectivity index (χ4v) is 3.98. The first-order valence-corrected chi connectivity index (χ1v) is 6.78. The van der Waals surface area contributed by atoms with Gasteiger partial charge < -0.3 is 5.73 Å². The van der Waals surface area contributed by atoms with Crippen molar-refractivity contribution in [1.82, 2.24) is 0 Å². The molecule has 0 aromatic heterocycles. The molecular formula is C11H14N2O3S. The maximum atomic E-state index is 12.0. The van der Waals surface area contributed by atoms with Gasteiger partial charge in [0.05, 0.1) is 16.9 Å². The number of sulfonamides is 1. The van der Waals surface area contributed by atoms with Crippen LogP contribution in [-0.2, 0) is 14.8 Å². The summed E-state index contributed by atoms with van der Waals surface area (Å²) in [6, 6.07) is 6.21. The van der Waals surface area contributed by atoms with E-state index in [0.29, 0.717) is 11.4 Å². The molecule has 6 heteroatoms. The molecule has 1 aromatic carbocycles. The number of hydrogen-bond donors (Lipinski definition) is 1. The van der Waals surface area contributed by atoms with Gasteiger partial charge in [-0.25, -0.2) is 12.7 Å². The van der Waals surface area contributed by atoms with E-state index in [9.17, 15) is 13.2 Å². The predicted octanol–water partition coefficient (Wildman–Crippen LogP) is 0.971. The molecule has 1 aromatic rings. The van der Waals surface area contributed by atoms with Gasteiger partial charge in [0.2, 0.25) is 15.9 Å².